The monoisotopic (exact) mass is 295 g/mol. The Bertz CT molecular complexity index is 552. The highest BCUT2D eigenvalue weighted by Crippen LogP contribution is 2.32. The maximum absolute atomic E-state index is 9.60. The number of benzene rings is 2. The van der Waals surface area contributed by atoms with Gasteiger partial charge in [-0.25, -0.2) is 0 Å². The van der Waals surface area contributed by atoms with Crippen molar-refractivity contribution < 1.29 is 5.11 Å². The summed E-state index contributed by atoms with van der Waals surface area (Å²) in [6.45, 7) is 1.92. The normalized spacial score (nSPS) is 12.2. The Morgan fingerprint density at radius 1 is 1.05 bits per heavy atom. The maximum atomic E-state index is 9.60. The lowest BCUT2D eigenvalue weighted by Gasteiger charge is -2.21. The van der Waals surface area contributed by atoms with Crippen LogP contribution in [0.3, 0.4) is 0 Å². The Balaban J connectivity index is 2.34. The van der Waals surface area contributed by atoms with Gasteiger partial charge < -0.3 is 10.4 Å². The van der Waals surface area contributed by atoms with Crippen LogP contribution in [0.15, 0.2) is 42.5 Å². The van der Waals surface area contributed by atoms with Crippen molar-refractivity contribution in [1.82, 2.24) is 0 Å². The molecule has 2 rings (SSSR count). The van der Waals surface area contributed by atoms with Gasteiger partial charge in [0.15, 0.2) is 0 Å². The Morgan fingerprint density at radius 3 is 2.26 bits per heavy atom. The molecule has 0 aliphatic carbocycles. The molecule has 4 heteroatoms. The number of para-hydroxylation sites is 1. The van der Waals surface area contributed by atoms with E-state index in [0.29, 0.717) is 10.0 Å². The maximum Gasteiger partial charge on any atom is 0.0774 e. The first-order chi connectivity index (χ1) is 9.13. The van der Waals surface area contributed by atoms with Crippen molar-refractivity contribution in [3.8, 4) is 0 Å². The van der Waals surface area contributed by atoms with E-state index >= 15 is 0 Å². The van der Waals surface area contributed by atoms with Gasteiger partial charge in [0.1, 0.15) is 0 Å². The first-order valence-electron chi connectivity index (χ1n) is 6.00. The van der Waals surface area contributed by atoms with Crippen LogP contribution in [-0.4, -0.2) is 11.7 Å². The molecule has 0 aromatic heterocycles. The Kier molecular flexibility index (Phi) is 4.70. The van der Waals surface area contributed by atoms with Crippen molar-refractivity contribution >= 4 is 28.9 Å². The molecule has 0 saturated heterocycles. The minimum absolute atomic E-state index is 0.0855. The van der Waals surface area contributed by atoms with Gasteiger partial charge in [-0.3, -0.25) is 0 Å². The molecular weight excluding hydrogens is 281 g/mol. The number of aliphatic hydroxyl groups is 1. The molecule has 0 heterocycles. The molecule has 2 aromatic carbocycles. The summed E-state index contributed by atoms with van der Waals surface area (Å²) in [5.41, 5.74) is 2.78. The zero-order chi connectivity index (χ0) is 13.8. The molecule has 0 radical (unpaired) electrons. The topological polar surface area (TPSA) is 32.3 Å². The van der Waals surface area contributed by atoms with Crippen molar-refractivity contribution in [3.05, 3.63) is 63.6 Å². The second-order valence-corrected chi connectivity index (χ2v) is 5.14. The van der Waals surface area contributed by atoms with E-state index < -0.39 is 0 Å². The highest BCUT2D eigenvalue weighted by molar-refractivity contribution is 6.36. The van der Waals surface area contributed by atoms with E-state index in [-0.39, 0.29) is 12.6 Å². The van der Waals surface area contributed by atoms with Gasteiger partial charge in [0, 0.05) is 21.3 Å². The molecule has 2 N–H and O–H groups in total. The van der Waals surface area contributed by atoms with Crippen LogP contribution in [0, 0.1) is 6.92 Å². The van der Waals surface area contributed by atoms with Crippen molar-refractivity contribution in [2.75, 3.05) is 11.9 Å². The fourth-order valence-electron chi connectivity index (χ4n) is 1.98. The second kappa shape index (κ2) is 6.29. The van der Waals surface area contributed by atoms with Crippen LogP contribution in [0.4, 0.5) is 5.69 Å². The molecule has 100 valence electrons. The zero-order valence-corrected chi connectivity index (χ0v) is 12.0. The zero-order valence-electron chi connectivity index (χ0n) is 10.5. The van der Waals surface area contributed by atoms with Crippen LogP contribution in [0.1, 0.15) is 17.2 Å². The van der Waals surface area contributed by atoms with Gasteiger partial charge in [0.2, 0.25) is 0 Å². The lowest BCUT2D eigenvalue weighted by Crippen LogP contribution is -2.16. The number of hydrogen-bond donors (Lipinski definition) is 2. The van der Waals surface area contributed by atoms with E-state index in [2.05, 4.69) is 5.32 Å². The highest BCUT2D eigenvalue weighted by Gasteiger charge is 2.17. The third-order valence-corrected chi connectivity index (χ3v) is 3.66. The Hall–Kier alpha value is -1.22. The van der Waals surface area contributed by atoms with E-state index in [4.69, 9.17) is 23.2 Å². The average Bonchev–Trinajstić information content (AvgIpc) is 2.39. The van der Waals surface area contributed by atoms with E-state index in [9.17, 15) is 5.11 Å². The van der Waals surface area contributed by atoms with Gasteiger partial charge in [-0.1, -0.05) is 47.5 Å². The number of rotatable bonds is 4. The fourth-order valence-corrected chi connectivity index (χ4v) is 2.64. The SMILES string of the molecule is Cc1ccccc1NC(CO)c1c(Cl)cccc1Cl. The van der Waals surface area contributed by atoms with Gasteiger partial charge in [-0.15, -0.1) is 0 Å². The lowest BCUT2D eigenvalue weighted by atomic mass is 10.1. The molecule has 0 bridgehead atoms. The summed E-state index contributed by atoms with van der Waals surface area (Å²) in [5, 5.41) is 14.0. The van der Waals surface area contributed by atoms with Crippen molar-refractivity contribution in [2.45, 2.75) is 13.0 Å². The second-order valence-electron chi connectivity index (χ2n) is 4.33. The predicted octanol–water partition coefficient (Wildman–Crippen LogP) is 4.45. The van der Waals surface area contributed by atoms with Crippen LogP contribution < -0.4 is 5.32 Å². The van der Waals surface area contributed by atoms with Crippen LogP contribution in [0.25, 0.3) is 0 Å². The molecule has 2 aromatic rings. The number of aryl methyl sites for hydroxylation is 1. The van der Waals surface area contributed by atoms with Crippen molar-refractivity contribution in [3.63, 3.8) is 0 Å². The van der Waals surface area contributed by atoms with Gasteiger partial charge >= 0.3 is 0 Å². The van der Waals surface area contributed by atoms with Crippen LogP contribution >= 0.6 is 23.2 Å². The molecule has 0 saturated carbocycles. The van der Waals surface area contributed by atoms with E-state index in [0.717, 1.165) is 16.8 Å². The minimum atomic E-state index is -0.331. The minimum Gasteiger partial charge on any atom is -0.394 e. The molecule has 19 heavy (non-hydrogen) atoms. The summed E-state index contributed by atoms with van der Waals surface area (Å²) in [7, 11) is 0. The summed E-state index contributed by atoms with van der Waals surface area (Å²) in [6, 6.07) is 12.9. The number of aliphatic hydroxyl groups excluding tert-OH is 1. The molecule has 1 atom stereocenters. The molecule has 0 fully saturated rings. The van der Waals surface area contributed by atoms with Gasteiger partial charge in [0.05, 0.1) is 12.6 Å². The molecule has 1 unspecified atom stereocenters. The molecule has 0 aliphatic rings. The molecule has 2 nitrogen and oxygen atoms in total. The fraction of sp³-hybridized carbons (Fsp3) is 0.200. The van der Waals surface area contributed by atoms with Gasteiger partial charge in [-0.2, -0.15) is 0 Å². The number of halogens is 2. The summed E-state index contributed by atoms with van der Waals surface area (Å²) in [5.74, 6) is 0. The quantitative estimate of drug-likeness (QED) is 0.873. The van der Waals surface area contributed by atoms with E-state index in [1.807, 2.05) is 31.2 Å². The summed E-state index contributed by atoms with van der Waals surface area (Å²) in [4.78, 5) is 0. The molecule has 0 amide bonds. The summed E-state index contributed by atoms with van der Waals surface area (Å²) >= 11 is 12.3. The number of anilines is 1. The van der Waals surface area contributed by atoms with Crippen LogP contribution in [-0.2, 0) is 0 Å². The van der Waals surface area contributed by atoms with Crippen molar-refractivity contribution in [2.24, 2.45) is 0 Å². The van der Waals surface area contributed by atoms with Gasteiger partial charge in [0.25, 0.3) is 0 Å². The first kappa shape index (κ1) is 14.2. The third-order valence-electron chi connectivity index (χ3n) is 3.01. The Labute approximate surface area is 123 Å². The average molecular weight is 296 g/mol. The first-order valence-corrected chi connectivity index (χ1v) is 6.76. The molecular formula is C15H15Cl2NO. The van der Waals surface area contributed by atoms with Crippen LogP contribution in [0.5, 0.6) is 0 Å². The van der Waals surface area contributed by atoms with Gasteiger partial charge in [-0.05, 0) is 30.7 Å². The van der Waals surface area contributed by atoms with E-state index in [1.54, 1.807) is 18.2 Å². The summed E-state index contributed by atoms with van der Waals surface area (Å²) in [6.07, 6.45) is 0. The Morgan fingerprint density at radius 2 is 1.68 bits per heavy atom. The number of nitrogens with one attached hydrogen (secondary N) is 1. The van der Waals surface area contributed by atoms with Crippen molar-refractivity contribution in [1.29, 1.82) is 0 Å². The molecule has 0 spiro atoms. The predicted molar refractivity (Wildman–Crippen MR) is 81.1 cm³/mol. The standard InChI is InChI=1S/C15H15Cl2NO/c1-10-5-2-3-8-13(10)18-14(9-19)15-11(16)6-4-7-12(15)17/h2-8,14,18-19H,9H2,1H3. The third kappa shape index (κ3) is 3.21. The summed E-state index contributed by atoms with van der Waals surface area (Å²) < 4.78 is 0. The largest absolute Gasteiger partial charge is 0.394 e. The highest BCUT2D eigenvalue weighted by atomic mass is 35.5. The molecule has 0 aliphatic heterocycles. The van der Waals surface area contributed by atoms with Crippen LogP contribution in [0.2, 0.25) is 10.0 Å². The smallest absolute Gasteiger partial charge is 0.0774 e. The van der Waals surface area contributed by atoms with E-state index in [1.165, 1.54) is 0 Å². The lowest BCUT2D eigenvalue weighted by molar-refractivity contribution is 0.276. The number of hydrogen-bond acceptors (Lipinski definition) is 2.